The maximum Gasteiger partial charge on any atom is 0.293 e. The molecule has 1 amide bonds. The molecule has 2 aromatic carbocycles. The molecule has 5 nitrogen and oxygen atoms in total. The Morgan fingerprint density at radius 1 is 1.10 bits per heavy atom. The van der Waals surface area contributed by atoms with Gasteiger partial charge in [0.25, 0.3) is 5.91 Å². The van der Waals surface area contributed by atoms with Crippen molar-refractivity contribution in [3.63, 3.8) is 0 Å². The average Bonchev–Trinajstić information content (AvgIpc) is 3.25. The first-order valence-electron chi connectivity index (χ1n) is 10.3. The lowest BCUT2D eigenvalue weighted by Gasteiger charge is -2.32. The Bertz CT molecular complexity index is 1070. The van der Waals surface area contributed by atoms with Crippen molar-refractivity contribution in [1.82, 2.24) is 5.32 Å². The van der Waals surface area contributed by atoms with E-state index in [9.17, 15) is 4.79 Å². The summed E-state index contributed by atoms with van der Waals surface area (Å²) in [5, 5.41) is 6.52. The molecule has 0 spiro atoms. The number of carbonyl (C=O) groups excluding carboxylic acids is 1. The zero-order valence-corrected chi connectivity index (χ0v) is 18.8. The highest BCUT2D eigenvalue weighted by Crippen LogP contribution is 2.26. The van der Waals surface area contributed by atoms with Gasteiger partial charge in [0.2, 0.25) is 0 Å². The predicted molar refractivity (Wildman–Crippen MR) is 130 cm³/mol. The molecule has 3 aromatic rings. The van der Waals surface area contributed by atoms with Crippen LogP contribution in [0.3, 0.4) is 0 Å². The zero-order chi connectivity index (χ0) is 21.8. The van der Waals surface area contributed by atoms with Crippen LogP contribution in [-0.2, 0) is 0 Å². The molecule has 1 aliphatic heterocycles. The molecule has 1 aromatic heterocycles. The van der Waals surface area contributed by atoms with Crippen molar-refractivity contribution in [1.29, 1.82) is 0 Å². The summed E-state index contributed by atoms with van der Waals surface area (Å²) < 4.78 is 5.66. The maximum absolute atomic E-state index is 12.5. The summed E-state index contributed by atoms with van der Waals surface area (Å²) >= 11 is 11.3. The number of anilines is 2. The number of benzene rings is 2. The number of hydrogen-bond acceptors (Lipinski definition) is 4. The van der Waals surface area contributed by atoms with Crippen LogP contribution in [0.2, 0.25) is 5.02 Å². The summed E-state index contributed by atoms with van der Waals surface area (Å²) in [5.74, 6) is 1.13. The van der Waals surface area contributed by atoms with Crippen molar-refractivity contribution in [2.24, 2.45) is 5.92 Å². The highest BCUT2D eigenvalue weighted by atomic mass is 35.5. The number of piperidine rings is 1. The van der Waals surface area contributed by atoms with Crippen LogP contribution in [0.15, 0.2) is 65.1 Å². The second kappa shape index (κ2) is 9.54. The Kier molecular flexibility index (Phi) is 6.59. The van der Waals surface area contributed by atoms with Gasteiger partial charge in [-0.2, -0.15) is 0 Å². The molecule has 160 valence electrons. The van der Waals surface area contributed by atoms with Gasteiger partial charge in [0, 0.05) is 35.1 Å². The highest BCUT2D eigenvalue weighted by Gasteiger charge is 2.16. The quantitative estimate of drug-likeness (QED) is 0.477. The lowest BCUT2D eigenvalue weighted by Crippen LogP contribution is -2.34. The first-order valence-corrected chi connectivity index (χ1v) is 11.1. The van der Waals surface area contributed by atoms with Gasteiger partial charge in [0.1, 0.15) is 5.76 Å². The van der Waals surface area contributed by atoms with E-state index >= 15 is 0 Å². The number of halogens is 1. The molecule has 0 atom stereocenters. The Hall–Kier alpha value is -2.83. The Morgan fingerprint density at radius 2 is 1.84 bits per heavy atom. The number of rotatable bonds is 4. The van der Waals surface area contributed by atoms with Gasteiger partial charge in [-0.1, -0.05) is 30.7 Å². The molecule has 2 heterocycles. The van der Waals surface area contributed by atoms with E-state index in [4.69, 9.17) is 28.2 Å². The third kappa shape index (κ3) is 5.46. The van der Waals surface area contributed by atoms with Gasteiger partial charge in [-0.05, 0) is 79.5 Å². The minimum absolute atomic E-state index is 0.175. The van der Waals surface area contributed by atoms with Crippen LogP contribution < -0.4 is 15.5 Å². The number of nitrogens with one attached hydrogen (secondary N) is 2. The molecule has 7 heteroatoms. The van der Waals surface area contributed by atoms with Gasteiger partial charge in [-0.3, -0.25) is 10.1 Å². The molecule has 2 N–H and O–H groups in total. The van der Waals surface area contributed by atoms with E-state index in [0.29, 0.717) is 10.8 Å². The lowest BCUT2D eigenvalue weighted by molar-refractivity contribution is 0.0951. The van der Waals surface area contributed by atoms with Gasteiger partial charge in [0.15, 0.2) is 10.9 Å². The smallest absolute Gasteiger partial charge is 0.293 e. The van der Waals surface area contributed by atoms with E-state index in [2.05, 4.69) is 34.6 Å². The van der Waals surface area contributed by atoms with E-state index in [0.717, 1.165) is 30.3 Å². The van der Waals surface area contributed by atoms with Crippen molar-refractivity contribution in [2.75, 3.05) is 23.3 Å². The molecule has 0 unspecified atom stereocenters. The molecule has 0 aliphatic carbocycles. The zero-order valence-electron chi connectivity index (χ0n) is 17.2. The fraction of sp³-hybridized carbons (Fsp3) is 0.250. The van der Waals surface area contributed by atoms with Crippen LogP contribution in [0.25, 0.3) is 11.3 Å². The molecule has 0 bridgehead atoms. The van der Waals surface area contributed by atoms with Crippen LogP contribution in [0.5, 0.6) is 0 Å². The molecule has 1 fully saturated rings. The van der Waals surface area contributed by atoms with Crippen LogP contribution >= 0.6 is 23.8 Å². The van der Waals surface area contributed by atoms with E-state index in [1.807, 2.05) is 24.3 Å². The maximum atomic E-state index is 12.5. The Labute approximate surface area is 192 Å². The monoisotopic (exact) mass is 453 g/mol. The number of thiocarbonyl (C=S) groups is 1. The van der Waals surface area contributed by atoms with Crippen molar-refractivity contribution >= 4 is 46.2 Å². The third-order valence-corrected chi connectivity index (χ3v) is 5.88. The number of hydrogen-bond donors (Lipinski definition) is 2. The molecular formula is C24H24ClN3O2S. The second-order valence-electron chi connectivity index (χ2n) is 7.80. The van der Waals surface area contributed by atoms with Crippen LogP contribution in [0.1, 0.15) is 30.3 Å². The summed E-state index contributed by atoms with van der Waals surface area (Å²) in [6.45, 7) is 4.48. The molecule has 4 rings (SSSR count). The van der Waals surface area contributed by atoms with Crippen LogP contribution in [-0.4, -0.2) is 24.1 Å². The fourth-order valence-corrected chi connectivity index (χ4v) is 4.01. The summed E-state index contributed by atoms with van der Waals surface area (Å²) in [6, 6.07) is 18.7. The van der Waals surface area contributed by atoms with E-state index in [1.54, 1.807) is 24.3 Å². The molecular weight excluding hydrogens is 430 g/mol. The van der Waals surface area contributed by atoms with Crippen LogP contribution in [0.4, 0.5) is 11.4 Å². The summed E-state index contributed by atoms with van der Waals surface area (Å²) in [4.78, 5) is 14.9. The molecule has 31 heavy (non-hydrogen) atoms. The summed E-state index contributed by atoms with van der Waals surface area (Å²) in [5.41, 5.74) is 2.82. The predicted octanol–water partition coefficient (Wildman–Crippen LogP) is 5.96. The second-order valence-corrected chi connectivity index (χ2v) is 8.64. The number of carbonyl (C=O) groups is 1. The molecule has 1 aliphatic rings. The van der Waals surface area contributed by atoms with Crippen LogP contribution in [0, 0.1) is 5.92 Å². The van der Waals surface area contributed by atoms with E-state index in [1.165, 1.54) is 18.5 Å². The van der Waals surface area contributed by atoms with Gasteiger partial charge in [-0.25, -0.2) is 0 Å². The summed E-state index contributed by atoms with van der Waals surface area (Å²) in [7, 11) is 0. The van der Waals surface area contributed by atoms with Crippen molar-refractivity contribution in [3.05, 3.63) is 71.4 Å². The number of nitrogens with zero attached hydrogens (tertiary/aromatic N) is 1. The van der Waals surface area contributed by atoms with Crippen molar-refractivity contribution in [3.8, 4) is 11.3 Å². The third-order valence-electron chi connectivity index (χ3n) is 5.44. The average molecular weight is 454 g/mol. The van der Waals surface area contributed by atoms with Crippen molar-refractivity contribution < 1.29 is 9.21 Å². The molecule has 1 saturated heterocycles. The molecule has 0 radical (unpaired) electrons. The minimum atomic E-state index is -0.412. The van der Waals surface area contributed by atoms with Gasteiger partial charge in [0.05, 0.1) is 0 Å². The Morgan fingerprint density at radius 3 is 2.55 bits per heavy atom. The number of amides is 1. The Balaban J connectivity index is 1.33. The summed E-state index contributed by atoms with van der Waals surface area (Å²) in [6.07, 6.45) is 2.45. The first-order chi connectivity index (χ1) is 15.0. The SMILES string of the molecule is CC1CCN(c2ccc(NC(=S)NC(=O)c3ccc(-c4cccc(Cl)c4)o3)cc2)CC1. The normalized spacial score (nSPS) is 14.3. The largest absolute Gasteiger partial charge is 0.451 e. The first kappa shape index (κ1) is 21.4. The van der Waals surface area contributed by atoms with Gasteiger partial charge in [-0.15, -0.1) is 0 Å². The van der Waals surface area contributed by atoms with Gasteiger partial charge < -0.3 is 14.6 Å². The number of furan rings is 1. The fourth-order valence-electron chi connectivity index (χ4n) is 3.61. The highest BCUT2D eigenvalue weighted by molar-refractivity contribution is 7.80. The van der Waals surface area contributed by atoms with E-state index in [-0.39, 0.29) is 10.9 Å². The van der Waals surface area contributed by atoms with Gasteiger partial charge >= 0.3 is 0 Å². The molecule has 0 saturated carbocycles. The van der Waals surface area contributed by atoms with E-state index < -0.39 is 5.91 Å². The standard InChI is InChI=1S/C24H24ClN3O2S/c1-16-11-13-28(14-12-16)20-7-5-19(6-8-20)26-24(31)27-23(29)22-10-9-21(30-22)17-3-2-4-18(25)15-17/h2-10,15-16H,11-14H2,1H3,(H2,26,27,29,31). The van der Waals surface area contributed by atoms with Crippen molar-refractivity contribution in [2.45, 2.75) is 19.8 Å². The minimum Gasteiger partial charge on any atom is -0.451 e. The topological polar surface area (TPSA) is 57.5 Å². The lowest BCUT2D eigenvalue weighted by atomic mass is 9.99.